The third kappa shape index (κ3) is 6.68. The molecule has 0 saturated heterocycles. The summed E-state index contributed by atoms with van der Waals surface area (Å²) in [5.74, 6) is 0.664. The van der Waals surface area contributed by atoms with E-state index in [0.717, 1.165) is 16.0 Å². The monoisotopic (exact) mass is 546 g/mol. The van der Waals surface area contributed by atoms with Crippen molar-refractivity contribution in [2.45, 2.75) is 17.1 Å². The molecule has 194 valence electrons. The largest absolute Gasteiger partial charge is 0.497 e. The van der Waals surface area contributed by atoms with Crippen LogP contribution in [0.5, 0.6) is 11.5 Å². The molecule has 8 heteroatoms. The quantitative estimate of drug-likeness (QED) is 0.214. The van der Waals surface area contributed by atoms with Crippen LogP contribution in [-0.4, -0.2) is 26.0 Å². The lowest BCUT2D eigenvalue weighted by Gasteiger charge is -2.19. The van der Waals surface area contributed by atoms with Gasteiger partial charge in [0, 0.05) is 27.2 Å². The molecule has 1 unspecified atom stereocenters. The lowest BCUT2D eigenvalue weighted by Crippen LogP contribution is -2.19. The van der Waals surface area contributed by atoms with Gasteiger partial charge in [-0.3, -0.25) is 9.59 Å². The molecule has 2 amide bonds. The Hall–Kier alpha value is -3.94. The van der Waals surface area contributed by atoms with E-state index >= 15 is 0 Å². The van der Waals surface area contributed by atoms with Crippen molar-refractivity contribution in [3.05, 3.63) is 113 Å². The number of thioether (sulfide) groups is 1. The molecule has 0 saturated carbocycles. The molecule has 0 fully saturated rings. The molecule has 0 aliphatic carbocycles. The van der Waals surface area contributed by atoms with Gasteiger partial charge in [0.05, 0.1) is 19.9 Å². The molecule has 4 aromatic rings. The number of halogens is 1. The van der Waals surface area contributed by atoms with Gasteiger partial charge in [-0.05, 0) is 66.6 Å². The highest BCUT2D eigenvalue weighted by Gasteiger charge is 2.23. The Kier molecular flexibility index (Phi) is 8.94. The van der Waals surface area contributed by atoms with Crippen molar-refractivity contribution in [3.63, 3.8) is 0 Å². The van der Waals surface area contributed by atoms with Gasteiger partial charge in [-0.15, -0.1) is 11.8 Å². The van der Waals surface area contributed by atoms with Gasteiger partial charge in [0.15, 0.2) is 0 Å². The Morgan fingerprint density at radius 2 is 1.58 bits per heavy atom. The standard InChI is InChI=1S/C30H27ClN2O4S/c1-19-16-26(27(37-3)18-25(19)31)33-30(35)28(20-8-5-4-6-9-20)38-24-14-12-22(13-15-24)32-29(34)21-10-7-11-23(17-21)36-2/h4-18,28H,1-3H3,(H,32,34)(H,33,35). The minimum absolute atomic E-state index is 0.198. The number of hydrogen-bond donors (Lipinski definition) is 2. The van der Waals surface area contributed by atoms with Crippen molar-refractivity contribution in [3.8, 4) is 11.5 Å². The Labute approximate surface area is 231 Å². The highest BCUT2D eigenvalue weighted by Crippen LogP contribution is 2.38. The minimum atomic E-state index is -0.533. The number of amides is 2. The average Bonchev–Trinajstić information content (AvgIpc) is 2.94. The van der Waals surface area contributed by atoms with Gasteiger partial charge in [-0.2, -0.15) is 0 Å². The van der Waals surface area contributed by atoms with Gasteiger partial charge < -0.3 is 20.1 Å². The number of methoxy groups -OCH3 is 2. The lowest BCUT2D eigenvalue weighted by molar-refractivity contribution is -0.115. The van der Waals surface area contributed by atoms with E-state index in [1.165, 1.54) is 18.9 Å². The molecule has 0 bridgehead atoms. The highest BCUT2D eigenvalue weighted by atomic mass is 35.5. The number of ether oxygens (including phenoxy) is 2. The molecule has 0 radical (unpaired) electrons. The van der Waals surface area contributed by atoms with Crippen LogP contribution in [0.1, 0.15) is 26.7 Å². The summed E-state index contributed by atoms with van der Waals surface area (Å²) in [6.07, 6.45) is 0. The molecular weight excluding hydrogens is 520 g/mol. The zero-order valence-corrected chi connectivity index (χ0v) is 22.7. The van der Waals surface area contributed by atoms with E-state index in [4.69, 9.17) is 21.1 Å². The van der Waals surface area contributed by atoms with Crippen LogP contribution in [0.4, 0.5) is 11.4 Å². The van der Waals surface area contributed by atoms with E-state index in [0.29, 0.717) is 33.5 Å². The highest BCUT2D eigenvalue weighted by molar-refractivity contribution is 8.00. The predicted octanol–water partition coefficient (Wildman–Crippen LogP) is 7.39. The Morgan fingerprint density at radius 3 is 2.26 bits per heavy atom. The van der Waals surface area contributed by atoms with Crippen LogP contribution < -0.4 is 20.1 Å². The average molecular weight is 547 g/mol. The molecule has 4 rings (SSSR count). The summed E-state index contributed by atoms with van der Waals surface area (Å²) >= 11 is 7.64. The summed E-state index contributed by atoms with van der Waals surface area (Å²) in [5, 5.41) is 5.92. The van der Waals surface area contributed by atoms with Gasteiger partial charge in [0.25, 0.3) is 5.91 Å². The lowest BCUT2D eigenvalue weighted by atomic mass is 10.1. The molecule has 6 nitrogen and oxygen atoms in total. The molecule has 0 aromatic heterocycles. The summed E-state index contributed by atoms with van der Waals surface area (Å²) in [5.41, 5.74) is 3.38. The number of rotatable bonds is 9. The number of carbonyl (C=O) groups excluding carboxylic acids is 2. The summed E-state index contributed by atoms with van der Waals surface area (Å²) in [6, 6.07) is 27.4. The fourth-order valence-corrected chi connectivity index (χ4v) is 4.93. The van der Waals surface area contributed by atoms with Crippen LogP contribution in [0.3, 0.4) is 0 Å². The molecule has 1 atom stereocenters. The van der Waals surface area contributed by atoms with Crippen molar-refractivity contribution in [1.29, 1.82) is 0 Å². The first-order chi connectivity index (χ1) is 18.4. The molecular formula is C30H27ClN2O4S. The van der Waals surface area contributed by atoms with Gasteiger partial charge in [0.1, 0.15) is 16.7 Å². The Bertz CT molecular complexity index is 1430. The van der Waals surface area contributed by atoms with Gasteiger partial charge >= 0.3 is 0 Å². The van der Waals surface area contributed by atoms with E-state index in [1.54, 1.807) is 43.5 Å². The smallest absolute Gasteiger partial charge is 0.255 e. The summed E-state index contributed by atoms with van der Waals surface area (Å²) in [4.78, 5) is 27.0. The first kappa shape index (κ1) is 27.1. The number of nitrogens with one attached hydrogen (secondary N) is 2. The van der Waals surface area contributed by atoms with Gasteiger partial charge in [0.2, 0.25) is 5.91 Å². The van der Waals surface area contributed by atoms with Gasteiger partial charge in [-0.1, -0.05) is 48.0 Å². The molecule has 4 aromatic carbocycles. The van der Waals surface area contributed by atoms with Crippen molar-refractivity contribution >= 4 is 46.6 Å². The van der Waals surface area contributed by atoms with Crippen LogP contribution in [0, 0.1) is 6.92 Å². The summed E-state index contributed by atoms with van der Waals surface area (Å²) in [6.45, 7) is 1.87. The normalized spacial score (nSPS) is 11.4. The minimum Gasteiger partial charge on any atom is -0.497 e. The fourth-order valence-electron chi connectivity index (χ4n) is 3.75. The number of anilines is 2. The van der Waals surface area contributed by atoms with E-state index < -0.39 is 5.25 Å². The number of aryl methyl sites for hydroxylation is 1. The molecule has 0 aliphatic rings. The molecule has 0 spiro atoms. The van der Waals surface area contributed by atoms with Crippen LogP contribution in [0.25, 0.3) is 0 Å². The van der Waals surface area contributed by atoms with Crippen molar-refractivity contribution in [2.24, 2.45) is 0 Å². The molecule has 2 N–H and O–H groups in total. The maximum Gasteiger partial charge on any atom is 0.255 e. The third-order valence-electron chi connectivity index (χ3n) is 5.78. The van der Waals surface area contributed by atoms with Crippen molar-refractivity contribution in [1.82, 2.24) is 0 Å². The van der Waals surface area contributed by atoms with Crippen molar-refractivity contribution < 1.29 is 19.1 Å². The second-order valence-electron chi connectivity index (χ2n) is 8.41. The number of benzene rings is 4. The number of hydrogen-bond acceptors (Lipinski definition) is 5. The van der Waals surface area contributed by atoms with E-state index in [-0.39, 0.29) is 11.8 Å². The second-order valence-corrected chi connectivity index (χ2v) is 10.00. The predicted molar refractivity (Wildman–Crippen MR) is 154 cm³/mol. The van der Waals surface area contributed by atoms with Crippen molar-refractivity contribution in [2.75, 3.05) is 24.9 Å². The Morgan fingerprint density at radius 1 is 0.842 bits per heavy atom. The Balaban J connectivity index is 1.52. The zero-order chi connectivity index (χ0) is 27.1. The van der Waals surface area contributed by atoms with Crippen LogP contribution in [-0.2, 0) is 4.79 Å². The van der Waals surface area contributed by atoms with Crippen LogP contribution in [0.2, 0.25) is 5.02 Å². The van der Waals surface area contributed by atoms with E-state index in [1.807, 2.05) is 61.5 Å². The second kappa shape index (κ2) is 12.5. The maximum atomic E-state index is 13.5. The number of carbonyl (C=O) groups is 2. The summed E-state index contributed by atoms with van der Waals surface area (Å²) in [7, 11) is 3.10. The SMILES string of the molecule is COc1cccc(C(=O)Nc2ccc(SC(C(=O)Nc3cc(C)c(Cl)cc3OC)c3ccccc3)cc2)c1. The van der Waals surface area contributed by atoms with E-state index in [2.05, 4.69) is 10.6 Å². The maximum absolute atomic E-state index is 13.5. The molecule has 0 heterocycles. The van der Waals surface area contributed by atoms with Crippen LogP contribution >= 0.6 is 23.4 Å². The zero-order valence-electron chi connectivity index (χ0n) is 21.2. The third-order valence-corrected chi connectivity index (χ3v) is 7.45. The first-order valence-electron chi connectivity index (χ1n) is 11.8. The van der Waals surface area contributed by atoms with E-state index in [9.17, 15) is 9.59 Å². The fraction of sp³-hybridized carbons (Fsp3) is 0.133. The summed E-state index contributed by atoms with van der Waals surface area (Å²) < 4.78 is 10.6. The molecule has 0 aliphatic heterocycles. The van der Waals surface area contributed by atoms with Gasteiger partial charge in [-0.25, -0.2) is 0 Å². The van der Waals surface area contributed by atoms with Crippen LogP contribution in [0.15, 0.2) is 95.9 Å². The topological polar surface area (TPSA) is 76.7 Å². The molecule has 38 heavy (non-hydrogen) atoms. The first-order valence-corrected chi connectivity index (χ1v) is 13.1.